The first-order chi connectivity index (χ1) is 13.9. The molecule has 148 valence electrons. The molecular formula is C22H19ClN2O3S. The van der Waals surface area contributed by atoms with Gasteiger partial charge in [0.2, 0.25) is 10.0 Å². The third-order valence-electron chi connectivity index (χ3n) is 4.41. The molecule has 7 heteroatoms. The smallest absolute Gasteiger partial charge is 0.243 e. The maximum Gasteiger partial charge on any atom is 0.243 e. The lowest BCUT2D eigenvalue weighted by molar-refractivity contribution is 0.399. The Bertz CT molecular complexity index is 1100. The molecule has 0 saturated carbocycles. The number of nitrogens with zero attached hydrogens (tertiary/aromatic N) is 2. The zero-order valence-corrected chi connectivity index (χ0v) is 17.3. The molecule has 0 spiro atoms. The summed E-state index contributed by atoms with van der Waals surface area (Å²) in [6.45, 7) is 0.359. The van der Waals surface area contributed by atoms with E-state index in [1.807, 2.05) is 12.1 Å². The molecule has 0 aliphatic rings. The van der Waals surface area contributed by atoms with Crippen molar-refractivity contribution < 1.29 is 13.2 Å². The highest BCUT2D eigenvalue weighted by Gasteiger charge is 2.25. The predicted molar refractivity (Wildman–Crippen MR) is 112 cm³/mol. The molecule has 0 fully saturated rings. The summed E-state index contributed by atoms with van der Waals surface area (Å²) in [5, 5.41) is 9.44. The number of sulfonamides is 1. The van der Waals surface area contributed by atoms with Crippen LogP contribution >= 0.6 is 11.6 Å². The molecule has 3 aromatic carbocycles. The fourth-order valence-electron chi connectivity index (χ4n) is 2.80. The molecule has 29 heavy (non-hydrogen) atoms. The summed E-state index contributed by atoms with van der Waals surface area (Å²) in [7, 11) is -2.19. The first-order valence-corrected chi connectivity index (χ1v) is 10.6. The van der Waals surface area contributed by atoms with Gasteiger partial charge in [0.25, 0.3) is 0 Å². The standard InChI is InChI=1S/C22H19ClN2O3S/c1-28-21-10-6-19(7-11-21)16-25(15-18-4-2-17(14-24)3-5-18)29(26,27)22-12-8-20(23)9-13-22/h2-13H,15-16H2,1H3. The molecule has 0 aliphatic carbocycles. The van der Waals surface area contributed by atoms with E-state index in [-0.39, 0.29) is 18.0 Å². The fraction of sp³-hybridized carbons (Fsp3) is 0.136. The van der Waals surface area contributed by atoms with Crippen molar-refractivity contribution in [1.82, 2.24) is 4.31 Å². The third-order valence-corrected chi connectivity index (χ3v) is 6.47. The fourth-order valence-corrected chi connectivity index (χ4v) is 4.35. The van der Waals surface area contributed by atoms with Gasteiger partial charge in [0.15, 0.2) is 0 Å². The first-order valence-electron chi connectivity index (χ1n) is 8.80. The maximum absolute atomic E-state index is 13.3. The Kier molecular flexibility index (Phi) is 6.55. The summed E-state index contributed by atoms with van der Waals surface area (Å²) < 4.78 is 33.2. The highest BCUT2D eigenvalue weighted by molar-refractivity contribution is 7.89. The number of methoxy groups -OCH3 is 1. The van der Waals surface area contributed by atoms with Gasteiger partial charge in [0, 0.05) is 18.1 Å². The van der Waals surface area contributed by atoms with Crippen LogP contribution in [0.1, 0.15) is 16.7 Å². The van der Waals surface area contributed by atoms with Crippen LogP contribution in [0.5, 0.6) is 5.75 Å². The van der Waals surface area contributed by atoms with Gasteiger partial charge in [-0.15, -0.1) is 0 Å². The number of ether oxygens (including phenoxy) is 1. The van der Waals surface area contributed by atoms with E-state index >= 15 is 0 Å². The van der Waals surface area contributed by atoms with Crippen LogP contribution in [0.25, 0.3) is 0 Å². The minimum atomic E-state index is -3.77. The lowest BCUT2D eigenvalue weighted by Crippen LogP contribution is -2.30. The number of nitriles is 1. The molecule has 0 radical (unpaired) electrons. The van der Waals surface area contributed by atoms with Crippen LogP contribution in [-0.2, 0) is 23.1 Å². The minimum Gasteiger partial charge on any atom is -0.497 e. The van der Waals surface area contributed by atoms with Crippen molar-refractivity contribution in [2.24, 2.45) is 0 Å². The molecule has 0 unspecified atom stereocenters. The number of benzene rings is 3. The quantitative estimate of drug-likeness (QED) is 0.553. The summed E-state index contributed by atoms with van der Waals surface area (Å²) in [6, 6.07) is 22.3. The van der Waals surface area contributed by atoms with Gasteiger partial charge in [0.1, 0.15) is 5.75 Å². The average molecular weight is 427 g/mol. The van der Waals surface area contributed by atoms with Crippen molar-refractivity contribution in [3.05, 3.63) is 94.5 Å². The van der Waals surface area contributed by atoms with E-state index < -0.39 is 10.0 Å². The molecule has 3 aromatic rings. The van der Waals surface area contributed by atoms with Gasteiger partial charge in [-0.05, 0) is 59.7 Å². The molecule has 0 saturated heterocycles. The number of rotatable bonds is 7. The maximum atomic E-state index is 13.3. The van der Waals surface area contributed by atoms with Crippen LogP contribution < -0.4 is 4.74 Å². The Morgan fingerprint density at radius 2 is 1.41 bits per heavy atom. The van der Waals surface area contributed by atoms with Gasteiger partial charge in [-0.25, -0.2) is 8.42 Å². The van der Waals surface area contributed by atoms with E-state index in [0.29, 0.717) is 16.3 Å². The van der Waals surface area contributed by atoms with Crippen molar-refractivity contribution in [3.63, 3.8) is 0 Å². The monoisotopic (exact) mass is 426 g/mol. The van der Waals surface area contributed by atoms with Crippen LogP contribution in [0.15, 0.2) is 77.7 Å². The second-order valence-electron chi connectivity index (χ2n) is 6.38. The summed E-state index contributed by atoms with van der Waals surface area (Å²) in [6.07, 6.45) is 0. The normalized spacial score (nSPS) is 11.2. The van der Waals surface area contributed by atoms with Gasteiger partial charge in [0.05, 0.1) is 23.6 Å². The molecule has 0 aliphatic heterocycles. The van der Waals surface area contributed by atoms with Crippen LogP contribution in [0, 0.1) is 11.3 Å². The summed E-state index contributed by atoms with van der Waals surface area (Å²) in [5.74, 6) is 0.702. The summed E-state index contributed by atoms with van der Waals surface area (Å²) in [5.41, 5.74) is 2.14. The number of hydrogen-bond donors (Lipinski definition) is 0. The largest absolute Gasteiger partial charge is 0.497 e. The molecule has 0 aromatic heterocycles. The Morgan fingerprint density at radius 1 is 0.897 bits per heavy atom. The Labute approximate surface area is 175 Å². The van der Waals surface area contributed by atoms with Gasteiger partial charge in [-0.3, -0.25) is 0 Å². The van der Waals surface area contributed by atoms with Gasteiger partial charge in [-0.1, -0.05) is 35.9 Å². The number of halogens is 1. The van der Waals surface area contributed by atoms with E-state index in [0.717, 1.165) is 11.1 Å². The van der Waals surface area contributed by atoms with E-state index in [2.05, 4.69) is 6.07 Å². The topological polar surface area (TPSA) is 70.4 Å². The van der Waals surface area contributed by atoms with Crippen molar-refractivity contribution in [1.29, 1.82) is 5.26 Å². The molecule has 3 rings (SSSR count). The van der Waals surface area contributed by atoms with Crippen LogP contribution in [-0.4, -0.2) is 19.8 Å². The lowest BCUT2D eigenvalue weighted by atomic mass is 10.1. The molecule has 0 amide bonds. The molecule has 0 N–H and O–H groups in total. The molecule has 0 bridgehead atoms. The Hall–Kier alpha value is -2.85. The third kappa shape index (κ3) is 5.15. The minimum absolute atomic E-state index is 0.169. The van der Waals surface area contributed by atoms with Gasteiger partial charge >= 0.3 is 0 Å². The van der Waals surface area contributed by atoms with E-state index in [1.165, 1.54) is 16.4 Å². The van der Waals surface area contributed by atoms with Crippen LogP contribution in [0.2, 0.25) is 5.02 Å². The molecule has 0 atom stereocenters. The van der Waals surface area contributed by atoms with Gasteiger partial charge in [-0.2, -0.15) is 9.57 Å². The second-order valence-corrected chi connectivity index (χ2v) is 8.76. The van der Waals surface area contributed by atoms with Crippen molar-refractivity contribution in [3.8, 4) is 11.8 Å². The lowest BCUT2D eigenvalue weighted by Gasteiger charge is -2.23. The number of hydrogen-bond acceptors (Lipinski definition) is 4. The predicted octanol–water partition coefficient (Wildman–Crippen LogP) is 4.61. The summed E-state index contributed by atoms with van der Waals surface area (Å²) >= 11 is 5.91. The zero-order chi connectivity index (χ0) is 20.9. The van der Waals surface area contributed by atoms with E-state index in [1.54, 1.807) is 55.6 Å². The molecule has 5 nitrogen and oxygen atoms in total. The van der Waals surface area contributed by atoms with Crippen LogP contribution in [0.4, 0.5) is 0 Å². The zero-order valence-electron chi connectivity index (χ0n) is 15.7. The average Bonchev–Trinajstić information content (AvgIpc) is 2.74. The van der Waals surface area contributed by atoms with Crippen molar-refractivity contribution >= 4 is 21.6 Å². The van der Waals surface area contributed by atoms with Gasteiger partial charge < -0.3 is 4.74 Å². The van der Waals surface area contributed by atoms with E-state index in [9.17, 15) is 8.42 Å². The van der Waals surface area contributed by atoms with Crippen molar-refractivity contribution in [2.45, 2.75) is 18.0 Å². The van der Waals surface area contributed by atoms with Crippen LogP contribution in [0.3, 0.4) is 0 Å². The Balaban J connectivity index is 1.94. The second kappa shape index (κ2) is 9.10. The molecular weight excluding hydrogens is 408 g/mol. The van der Waals surface area contributed by atoms with Crippen molar-refractivity contribution in [2.75, 3.05) is 7.11 Å². The SMILES string of the molecule is COc1ccc(CN(Cc2ccc(C#N)cc2)S(=O)(=O)c2ccc(Cl)cc2)cc1. The molecule has 0 heterocycles. The Morgan fingerprint density at radius 3 is 1.90 bits per heavy atom. The highest BCUT2D eigenvalue weighted by Crippen LogP contribution is 2.23. The van der Waals surface area contributed by atoms with E-state index in [4.69, 9.17) is 21.6 Å². The highest BCUT2D eigenvalue weighted by atomic mass is 35.5. The first kappa shape index (κ1) is 20.9. The summed E-state index contributed by atoms with van der Waals surface area (Å²) in [4.78, 5) is 0.170.